The number of imide groups is 1. The number of amides is 4. The zero-order valence-electron chi connectivity index (χ0n) is 16.6. The molecule has 3 aromatic rings. The van der Waals surface area contributed by atoms with E-state index >= 15 is 0 Å². The summed E-state index contributed by atoms with van der Waals surface area (Å²) in [6.07, 6.45) is 1.56. The van der Waals surface area contributed by atoms with Gasteiger partial charge in [0.1, 0.15) is 18.1 Å². The lowest BCUT2D eigenvalue weighted by molar-refractivity contribution is -0.127. The van der Waals surface area contributed by atoms with Crippen LogP contribution in [-0.2, 0) is 9.59 Å². The summed E-state index contributed by atoms with van der Waals surface area (Å²) in [5.41, 5.74) is 2.60. The number of nitrogens with one attached hydrogen (secondary N) is 2. The van der Waals surface area contributed by atoms with Crippen LogP contribution in [0.15, 0.2) is 72.4 Å². The molecule has 4 amide bonds. The standard InChI is InChI=1S/C23H19FN4O3/c1-15-11-12-17(28(15)16-7-3-2-4-8-16)13-20-22(30)27(23(31)26-20)14-21(29)25-19-10-6-5-9-18(19)24/h2-13H,14H2,1H3,(H,25,29)(H,26,31)/b20-13-. The van der Waals surface area contributed by atoms with Crippen LogP contribution in [0, 0.1) is 12.7 Å². The molecule has 1 aliphatic heterocycles. The number of anilines is 1. The first kappa shape index (κ1) is 20.1. The number of aromatic nitrogens is 1. The third kappa shape index (κ3) is 4.09. The first-order valence-electron chi connectivity index (χ1n) is 9.57. The second kappa shape index (κ2) is 8.27. The maximum atomic E-state index is 13.7. The summed E-state index contributed by atoms with van der Waals surface area (Å²) in [5, 5.41) is 4.87. The second-order valence-electron chi connectivity index (χ2n) is 6.98. The Bertz CT molecular complexity index is 1200. The first-order chi connectivity index (χ1) is 14.9. The molecule has 1 fully saturated rings. The maximum absolute atomic E-state index is 13.7. The molecule has 1 saturated heterocycles. The summed E-state index contributed by atoms with van der Waals surface area (Å²) in [6.45, 7) is 1.40. The van der Waals surface area contributed by atoms with E-state index in [1.165, 1.54) is 18.2 Å². The van der Waals surface area contributed by atoms with Crippen molar-refractivity contribution in [1.29, 1.82) is 0 Å². The number of benzene rings is 2. The lowest BCUT2D eigenvalue weighted by atomic mass is 10.2. The van der Waals surface area contributed by atoms with Crippen molar-refractivity contribution in [3.63, 3.8) is 0 Å². The Morgan fingerprint density at radius 2 is 1.74 bits per heavy atom. The summed E-state index contributed by atoms with van der Waals surface area (Å²) in [7, 11) is 0. The van der Waals surface area contributed by atoms with Crippen molar-refractivity contribution in [3.05, 3.63) is 89.6 Å². The van der Waals surface area contributed by atoms with Crippen molar-refractivity contribution >= 4 is 29.6 Å². The van der Waals surface area contributed by atoms with Crippen molar-refractivity contribution in [1.82, 2.24) is 14.8 Å². The third-order valence-corrected chi connectivity index (χ3v) is 4.82. The van der Waals surface area contributed by atoms with E-state index in [1.807, 2.05) is 54.0 Å². The van der Waals surface area contributed by atoms with E-state index in [4.69, 9.17) is 0 Å². The van der Waals surface area contributed by atoms with Gasteiger partial charge >= 0.3 is 6.03 Å². The zero-order chi connectivity index (χ0) is 22.0. The summed E-state index contributed by atoms with van der Waals surface area (Å²) in [4.78, 5) is 38.1. The summed E-state index contributed by atoms with van der Waals surface area (Å²) < 4.78 is 15.7. The fourth-order valence-corrected chi connectivity index (χ4v) is 3.36. The van der Waals surface area contributed by atoms with E-state index in [1.54, 1.807) is 12.1 Å². The van der Waals surface area contributed by atoms with Crippen molar-refractivity contribution in [3.8, 4) is 5.69 Å². The number of nitrogens with zero attached hydrogens (tertiary/aromatic N) is 2. The molecule has 2 heterocycles. The highest BCUT2D eigenvalue weighted by molar-refractivity contribution is 6.15. The van der Waals surface area contributed by atoms with E-state index in [-0.39, 0.29) is 11.4 Å². The van der Waals surface area contributed by atoms with Crippen LogP contribution in [0.3, 0.4) is 0 Å². The highest BCUT2D eigenvalue weighted by Crippen LogP contribution is 2.21. The molecule has 0 aliphatic carbocycles. The molecule has 1 aliphatic rings. The minimum atomic E-state index is -0.713. The van der Waals surface area contributed by atoms with Gasteiger partial charge in [-0.3, -0.25) is 9.59 Å². The van der Waals surface area contributed by atoms with Crippen molar-refractivity contribution in [2.75, 3.05) is 11.9 Å². The maximum Gasteiger partial charge on any atom is 0.329 e. The number of aryl methyl sites for hydroxylation is 1. The molecule has 1 aromatic heterocycles. The van der Waals surface area contributed by atoms with Gasteiger partial charge in [-0.15, -0.1) is 0 Å². The number of para-hydroxylation sites is 2. The van der Waals surface area contributed by atoms with Crippen LogP contribution in [0.25, 0.3) is 11.8 Å². The van der Waals surface area contributed by atoms with E-state index in [9.17, 15) is 18.8 Å². The molecule has 7 nitrogen and oxygen atoms in total. The van der Waals surface area contributed by atoms with E-state index < -0.39 is 30.2 Å². The molecule has 2 aromatic carbocycles. The Morgan fingerprint density at radius 3 is 2.48 bits per heavy atom. The van der Waals surface area contributed by atoms with Crippen LogP contribution in [-0.4, -0.2) is 33.9 Å². The molecule has 2 N–H and O–H groups in total. The largest absolute Gasteiger partial charge is 0.329 e. The minimum Gasteiger partial charge on any atom is -0.322 e. The van der Waals surface area contributed by atoms with Gasteiger partial charge in [0, 0.05) is 17.1 Å². The van der Waals surface area contributed by atoms with Crippen molar-refractivity contribution in [2.45, 2.75) is 6.92 Å². The van der Waals surface area contributed by atoms with E-state index in [2.05, 4.69) is 10.6 Å². The highest BCUT2D eigenvalue weighted by atomic mass is 19.1. The van der Waals surface area contributed by atoms with E-state index in [0.717, 1.165) is 16.3 Å². The molecule has 0 radical (unpaired) electrons. The molecule has 156 valence electrons. The molecule has 4 rings (SSSR count). The third-order valence-electron chi connectivity index (χ3n) is 4.82. The minimum absolute atomic E-state index is 0.0218. The Morgan fingerprint density at radius 1 is 1.03 bits per heavy atom. The van der Waals surface area contributed by atoms with Crippen LogP contribution in [0.2, 0.25) is 0 Å². The zero-order valence-corrected chi connectivity index (χ0v) is 16.6. The predicted molar refractivity (Wildman–Crippen MR) is 114 cm³/mol. The SMILES string of the molecule is Cc1ccc(/C=C2\NC(=O)N(CC(=O)Nc3ccccc3F)C2=O)n1-c1ccccc1. The summed E-state index contributed by atoms with van der Waals surface area (Å²) in [6, 6.07) is 18.3. The molecule has 31 heavy (non-hydrogen) atoms. The number of hydrogen-bond acceptors (Lipinski definition) is 3. The average molecular weight is 418 g/mol. The van der Waals surface area contributed by atoms with Gasteiger partial charge in [0.25, 0.3) is 5.91 Å². The average Bonchev–Trinajstić information content (AvgIpc) is 3.24. The lowest BCUT2D eigenvalue weighted by Crippen LogP contribution is -2.38. The monoisotopic (exact) mass is 418 g/mol. The number of carbonyl (C=O) groups excluding carboxylic acids is 3. The Labute approximate surface area is 177 Å². The van der Waals surface area contributed by atoms with Gasteiger partial charge in [0.05, 0.1) is 5.69 Å². The Balaban J connectivity index is 1.53. The summed E-state index contributed by atoms with van der Waals surface area (Å²) >= 11 is 0. The number of rotatable bonds is 5. The van der Waals surface area contributed by atoms with Gasteiger partial charge in [-0.1, -0.05) is 30.3 Å². The molecule has 0 spiro atoms. The van der Waals surface area contributed by atoms with Crippen LogP contribution in [0.4, 0.5) is 14.9 Å². The Kier molecular flexibility index (Phi) is 5.36. The van der Waals surface area contributed by atoms with Crippen molar-refractivity contribution in [2.24, 2.45) is 0 Å². The smallest absolute Gasteiger partial charge is 0.322 e. The number of hydrogen-bond donors (Lipinski definition) is 2. The summed E-state index contributed by atoms with van der Waals surface area (Å²) in [5.74, 6) is -1.92. The quantitative estimate of drug-likeness (QED) is 0.492. The number of halogens is 1. The lowest BCUT2D eigenvalue weighted by Gasteiger charge is -2.12. The molecule has 0 unspecified atom stereocenters. The van der Waals surface area contributed by atoms with Gasteiger partial charge in [0.15, 0.2) is 0 Å². The highest BCUT2D eigenvalue weighted by Gasteiger charge is 2.35. The van der Waals surface area contributed by atoms with Crippen molar-refractivity contribution < 1.29 is 18.8 Å². The van der Waals surface area contributed by atoms with Gasteiger partial charge in [0.2, 0.25) is 5.91 Å². The van der Waals surface area contributed by atoms with Gasteiger partial charge in [-0.2, -0.15) is 0 Å². The molecule has 0 atom stereocenters. The Hall–Kier alpha value is -4.20. The van der Waals surface area contributed by atoms with Crippen LogP contribution < -0.4 is 10.6 Å². The molecular weight excluding hydrogens is 399 g/mol. The molecule has 8 heteroatoms. The van der Waals surface area contributed by atoms with Gasteiger partial charge in [-0.25, -0.2) is 14.1 Å². The fourth-order valence-electron chi connectivity index (χ4n) is 3.36. The topological polar surface area (TPSA) is 83.4 Å². The fraction of sp³-hybridized carbons (Fsp3) is 0.0870. The normalized spacial score (nSPS) is 14.8. The second-order valence-corrected chi connectivity index (χ2v) is 6.98. The number of carbonyl (C=O) groups is 3. The first-order valence-corrected chi connectivity index (χ1v) is 9.57. The predicted octanol–water partition coefficient (Wildman–Crippen LogP) is 3.46. The van der Waals surface area contributed by atoms with Gasteiger partial charge in [-0.05, 0) is 49.4 Å². The van der Waals surface area contributed by atoms with E-state index in [0.29, 0.717) is 5.69 Å². The van der Waals surface area contributed by atoms with Gasteiger partial charge < -0.3 is 15.2 Å². The van der Waals surface area contributed by atoms with Crippen LogP contribution >= 0.6 is 0 Å². The number of urea groups is 1. The molecular formula is C23H19FN4O3. The molecule has 0 bridgehead atoms. The van der Waals surface area contributed by atoms with Crippen LogP contribution in [0.5, 0.6) is 0 Å². The van der Waals surface area contributed by atoms with Crippen LogP contribution in [0.1, 0.15) is 11.4 Å². The molecule has 0 saturated carbocycles.